The highest BCUT2D eigenvalue weighted by atomic mass is 19.1. The molecule has 2 rings (SSSR count). The summed E-state index contributed by atoms with van der Waals surface area (Å²) in [4.78, 5) is 24.3. The average Bonchev–Trinajstić information content (AvgIpc) is 2.70. The first-order chi connectivity index (χ1) is 8.60. The lowest BCUT2D eigenvalue weighted by Crippen LogP contribution is -2.37. The van der Waals surface area contributed by atoms with Gasteiger partial charge in [-0.05, 0) is 18.2 Å². The molecule has 2 amide bonds. The molecule has 6 heteroatoms. The number of carbonyl (C=O) groups excluding carboxylic acids is 2. The number of halogens is 1. The Balaban J connectivity index is 2.08. The summed E-state index contributed by atoms with van der Waals surface area (Å²) < 4.78 is 17.5. The molecule has 1 saturated heterocycles. The number of carbonyl (C=O) groups is 2. The normalized spacial score (nSPS) is 18.9. The molecule has 0 radical (unpaired) electrons. The van der Waals surface area contributed by atoms with Gasteiger partial charge in [0.15, 0.2) is 0 Å². The van der Waals surface area contributed by atoms with E-state index in [2.05, 4.69) is 10.1 Å². The Morgan fingerprint density at radius 2 is 2.33 bits per heavy atom. The number of benzene rings is 1. The van der Waals surface area contributed by atoms with Crippen LogP contribution in [-0.4, -0.2) is 31.7 Å². The number of methoxy groups -OCH3 is 1. The first kappa shape index (κ1) is 12.3. The van der Waals surface area contributed by atoms with Crippen LogP contribution in [0.2, 0.25) is 0 Å². The number of hydrogen-bond donors (Lipinski definition) is 1. The van der Waals surface area contributed by atoms with Crippen LogP contribution in [-0.2, 0) is 9.53 Å². The molecule has 0 aromatic heterocycles. The van der Waals surface area contributed by atoms with Gasteiger partial charge in [0.25, 0.3) is 0 Å². The highest BCUT2D eigenvalue weighted by molar-refractivity contribution is 5.96. The molecule has 1 heterocycles. The highest BCUT2D eigenvalue weighted by Crippen LogP contribution is 2.22. The number of anilines is 1. The zero-order valence-electron chi connectivity index (χ0n) is 9.85. The largest absolute Gasteiger partial charge is 0.453 e. The van der Waals surface area contributed by atoms with Crippen LogP contribution < -0.4 is 10.2 Å². The van der Waals surface area contributed by atoms with Crippen LogP contribution in [0.5, 0.6) is 0 Å². The van der Waals surface area contributed by atoms with Crippen LogP contribution in [0.3, 0.4) is 0 Å². The molecule has 1 aliphatic rings. The number of nitrogens with one attached hydrogen (secondary N) is 1. The quantitative estimate of drug-likeness (QED) is 0.862. The van der Waals surface area contributed by atoms with E-state index in [4.69, 9.17) is 0 Å². The summed E-state index contributed by atoms with van der Waals surface area (Å²) in [6.45, 7) is 0.317. The standard InChI is InChI=1S/C12H13FN2O3/c1-18-12(17)14-9-6-11(16)15(7-9)10-4-2-3-8(13)5-10/h2-5,9H,6-7H2,1H3,(H,14,17). The van der Waals surface area contributed by atoms with Gasteiger partial charge < -0.3 is 15.0 Å². The SMILES string of the molecule is COC(=O)NC1CC(=O)N(c2cccc(F)c2)C1. The van der Waals surface area contributed by atoms with Crippen molar-refractivity contribution in [3.8, 4) is 0 Å². The Bertz CT molecular complexity index is 478. The Morgan fingerprint density at radius 1 is 1.56 bits per heavy atom. The highest BCUT2D eigenvalue weighted by Gasteiger charge is 2.31. The first-order valence-electron chi connectivity index (χ1n) is 5.50. The average molecular weight is 252 g/mol. The maximum Gasteiger partial charge on any atom is 0.407 e. The van der Waals surface area contributed by atoms with Crippen molar-refractivity contribution in [2.75, 3.05) is 18.6 Å². The Kier molecular flexibility index (Phi) is 3.45. The van der Waals surface area contributed by atoms with Gasteiger partial charge in [0.2, 0.25) is 5.91 Å². The van der Waals surface area contributed by atoms with Gasteiger partial charge in [0.1, 0.15) is 5.82 Å². The van der Waals surface area contributed by atoms with Crippen molar-refractivity contribution in [1.29, 1.82) is 0 Å². The van der Waals surface area contributed by atoms with Crippen molar-refractivity contribution in [2.24, 2.45) is 0 Å². The van der Waals surface area contributed by atoms with Crippen molar-refractivity contribution in [1.82, 2.24) is 5.32 Å². The van der Waals surface area contributed by atoms with E-state index in [0.717, 1.165) is 0 Å². The molecule has 1 aliphatic heterocycles. The third-order valence-corrected chi connectivity index (χ3v) is 2.75. The number of hydrogen-bond acceptors (Lipinski definition) is 3. The van der Waals surface area contributed by atoms with Crippen LogP contribution in [0.4, 0.5) is 14.9 Å². The number of ether oxygens (including phenoxy) is 1. The van der Waals surface area contributed by atoms with E-state index in [-0.39, 0.29) is 18.4 Å². The van der Waals surface area contributed by atoms with E-state index < -0.39 is 11.9 Å². The van der Waals surface area contributed by atoms with Crippen LogP contribution >= 0.6 is 0 Å². The summed E-state index contributed by atoms with van der Waals surface area (Å²) in [5.74, 6) is -0.549. The van der Waals surface area contributed by atoms with Crippen LogP contribution in [0.15, 0.2) is 24.3 Å². The molecule has 0 spiro atoms. The summed E-state index contributed by atoms with van der Waals surface area (Å²) >= 11 is 0. The maximum atomic E-state index is 13.1. The third-order valence-electron chi connectivity index (χ3n) is 2.75. The summed E-state index contributed by atoms with van der Waals surface area (Å²) in [7, 11) is 1.26. The molecule has 0 bridgehead atoms. The van der Waals surface area contributed by atoms with Crippen molar-refractivity contribution in [3.63, 3.8) is 0 Å². The molecule has 1 fully saturated rings. The van der Waals surface area contributed by atoms with E-state index in [1.807, 2.05) is 0 Å². The monoisotopic (exact) mass is 252 g/mol. The minimum atomic E-state index is -0.575. The third kappa shape index (κ3) is 2.58. The Hall–Kier alpha value is -2.11. The second kappa shape index (κ2) is 5.03. The lowest BCUT2D eigenvalue weighted by molar-refractivity contribution is -0.117. The molecule has 96 valence electrons. The molecule has 1 aromatic carbocycles. The lowest BCUT2D eigenvalue weighted by atomic mass is 10.3. The molecule has 0 aliphatic carbocycles. The van der Waals surface area contributed by atoms with Gasteiger partial charge in [-0.3, -0.25) is 4.79 Å². The fourth-order valence-electron chi connectivity index (χ4n) is 1.92. The van der Waals surface area contributed by atoms with E-state index in [1.165, 1.54) is 24.1 Å². The van der Waals surface area contributed by atoms with Crippen LogP contribution in [0.25, 0.3) is 0 Å². The second-order valence-electron chi connectivity index (χ2n) is 4.02. The van der Waals surface area contributed by atoms with E-state index in [9.17, 15) is 14.0 Å². The number of nitrogens with zero attached hydrogens (tertiary/aromatic N) is 1. The molecule has 1 N–H and O–H groups in total. The smallest absolute Gasteiger partial charge is 0.407 e. The lowest BCUT2D eigenvalue weighted by Gasteiger charge is -2.16. The molecule has 1 atom stereocenters. The molecule has 18 heavy (non-hydrogen) atoms. The van der Waals surface area contributed by atoms with E-state index in [1.54, 1.807) is 12.1 Å². The van der Waals surface area contributed by atoms with Gasteiger partial charge in [-0.15, -0.1) is 0 Å². The zero-order valence-corrected chi connectivity index (χ0v) is 9.85. The Labute approximate surface area is 104 Å². The van der Waals surface area contributed by atoms with Crippen LogP contribution in [0, 0.1) is 5.82 Å². The van der Waals surface area contributed by atoms with Crippen LogP contribution in [0.1, 0.15) is 6.42 Å². The van der Waals surface area contributed by atoms with E-state index in [0.29, 0.717) is 12.2 Å². The van der Waals surface area contributed by atoms with Gasteiger partial charge in [0, 0.05) is 18.7 Å². The molecule has 0 saturated carbocycles. The number of alkyl carbamates (subject to hydrolysis) is 1. The van der Waals surface area contributed by atoms with Gasteiger partial charge in [-0.1, -0.05) is 6.07 Å². The molecule has 1 aromatic rings. The number of amides is 2. The van der Waals surface area contributed by atoms with Crippen molar-refractivity contribution >= 4 is 17.7 Å². The Morgan fingerprint density at radius 3 is 3.00 bits per heavy atom. The number of rotatable bonds is 2. The van der Waals surface area contributed by atoms with Gasteiger partial charge in [-0.25, -0.2) is 9.18 Å². The zero-order chi connectivity index (χ0) is 13.1. The van der Waals surface area contributed by atoms with Crippen molar-refractivity contribution < 1.29 is 18.7 Å². The van der Waals surface area contributed by atoms with Gasteiger partial charge >= 0.3 is 6.09 Å². The summed E-state index contributed by atoms with van der Waals surface area (Å²) in [6.07, 6.45) is -0.389. The van der Waals surface area contributed by atoms with Crippen molar-refractivity contribution in [3.05, 3.63) is 30.1 Å². The fourth-order valence-corrected chi connectivity index (χ4v) is 1.92. The predicted octanol–water partition coefficient (Wildman–Crippen LogP) is 1.29. The van der Waals surface area contributed by atoms with E-state index >= 15 is 0 Å². The van der Waals surface area contributed by atoms with Crippen molar-refractivity contribution in [2.45, 2.75) is 12.5 Å². The first-order valence-corrected chi connectivity index (χ1v) is 5.50. The summed E-state index contributed by atoms with van der Waals surface area (Å²) in [6, 6.07) is 5.49. The molecule has 5 nitrogen and oxygen atoms in total. The summed E-state index contributed by atoms with van der Waals surface area (Å²) in [5.41, 5.74) is 0.495. The maximum absolute atomic E-state index is 13.1. The molecule has 1 unspecified atom stereocenters. The molecular formula is C12H13FN2O3. The minimum Gasteiger partial charge on any atom is -0.453 e. The topological polar surface area (TPSA) is 58.6 Å². The molecular weight excluding hydrogens is 239 g/mol. The fraction of sp³-hybridized carbons (Fsp3) is 0.333. The summed E-state index contributed by atoms with van der Waals surface area (Å²) in [5, 5.41) is 2.56. The van der Waals surface area contributed by atoms with Gasteiger partial charge in [-0.2, -0.15) is 0 Å². The van der Waals surface area contributed by atoms with Gasteiger partial charge in [0.05, 0.1) is 13.2 Å². The second-order valence-corrected chi connectivity index (χ2v) is 4.02. The predicted molar refractivity (Wildman–Crippen MR) is 62.7 cm³/mol. The minimum absolute atomic E-state index is 0.151.